The van der Waals surface area contributed by atoms with Crippen molar-refractivity contribution in [3.63, 3.8) is 0 Å². The Morgan fingerprint density at radius 3 is 1.02 bits per heavy atom. The highest BCUT2D eigenvalue weighted by molar-refractivity contribution is 6.55. The Kier molecular flexibility index (Phi) is 15.6. The predicted octanol–water partition coefficient (Wildman–Crippen LogP) is 5.21. The van der Waals surface area contributed by atoms with Gasteiger partial charge in [-0.25, -0.2) is 0 Å². The molecule has 4 nitrogen and oxygen atoms in total. The Bertz CT molecular complexity index is 1220. The van der Waals surface area contributed by atoms with Crippen LogP contribution in [0.5, 0.6) is 0 Å². The molecule has 0 spiro atoms. The summed E-state index contributed by atoms with van der Waals surface area (Å²) in [4.78, 5) is 0. The lowest BCUT2D eigenvalue weighted by Crippen LogP contribution is -2.70. The van der Waals surface area contributed by atoms with Gasteiger partial charge in [0.2, 0.25) is 0 Å². The zero-order valence-electron chi connectivity index (χ0n) is 25.6. The molecule has 0 heterocycles. The first kappa shape index (κ1) is 33.5. The molecule has 222 valence electrons. The molecular formula is C38H45BN2O2. The maximum Gasteiger partial charge on any atom is 0.134 e. The molecule has 0 fully saturated rings. The van der Waals surface area contributed by atoms with E-state index in [-0.39, 0.29) is 0 Å². The van der Waals surface area contributed by atoms with E-state index in [0.29, 0.717) is 5.46 Å². The molecule has 0 aromatic heterocycles. The predicted molar refractivity (Wildman–Crippen MR) is 177 cm³/mol. The lowest BCUT2D eigenvalue weighted by atomic mass is 9.78. The van der Waals surface area contributed by atoms with Crippen molar-refractivity contribution in [3.8, 4) is 0 Å². The summed E-state index contributed by atoms with van der Waals surface area (Å²) < 4.78 is 0. The van der Waals surface area contributed by atoms with E-state index in [1.165, 1.54) is 22.7 Å². The van der Waals surface area contributed by atoms with E-state index < -0.39 is 7.12 Å². The molecule has 0 bridgehead atoms. The summed E-state index contributed by atoms with van der Waals surface area (Å²) in [6, 6.07) is 47.1. The number of quaternary nitrogens is 2. The van der Waals surface area contributed by atoms with Crippen molar-refractivity contribution in [2.24, 2.45) is 0 Å². The van der Waals surface area contributed by atoms with E-state index in [4.69, 9.17) is 0 Å². The van der Waals surface area contributed by atoms with Crippen LogP contribution in [0, 0.1) is 0 Å². The second-order valence-corrected chi connectivity index (χ2v) is 10.6. The van der Waals surface area contributed by atoms with Crippen LogP contribution < -0.4 is 26.1 Å². The van der Waals surface area contributed by atoms with E-state index in [1.54, 1.807) is 12.1 Å². The number of rotatable bonds is 11. The van der Waals surface area contributed by atoms with Gasteiger partial charge in [0.05, 0.1) is 0 Å². The summed E-state index contributed by atoms with van der Waals surface area (Å²) in [6.07, 6.45) is 6.42. The van der Waals surface area contributed by atoms with Gasteiger partial charge < -0.3 is 10.0 Å². The van der Waals surface area contributed by atoms with Crippen LogP contribution in [0.1, 0.15) is 50.7 Å². The largest absolute Gasteiger partial charge is 0.889 e. The summed E-state index contributed by atoms with van der Waals surface area (Å²) in [5.41, 5.74) is 7.67. The minimum Gasteiger partial charge on any atom is -0.889 e. The number of benzene rings is 5. The maximum atomic E-state index is 11.0. The molecule has 5 aromatic rings. The smallest absolute Gasteiger partial charge is 0.134 e. The quantitative estimate of drug-likeness (QED) is 0.168. The van der Waals surface area contributed by atoms with Crippen molar-refractivity contribution in [2.75, 3.05) is 0 Å². The van der Waals surface area contributed by atoms with Gasteiger partial charge in [0, 0.05) is 0 Å². The molecule has 5 heteroatoms. The van der Waals surface area contributed by atoms with Crippen molar-refractivity contribution >= 4 is 35.3 Å². The molecule has 43 heavy (non-hydrogen) atoms. The summed E-state index contributed by atoms with van der Waals surface area (Å²) in [5.74, 6) is 0. The molecule has 5 rings (SSSR count). The average molecular weight is 573 g/mol. The van der Waals surface area contributed by atoms with Crippen LogP contribution in [0.2, 0.25) is 0 Å². The maximum absolute atomic E-state index is 11.0. The number of aryl methyl sites for hydroxylation is 2. The SMILES string of the molecule is CCCCc1cc(CCCC)cc(B([O-])[O-])c1.c1ccc([NH2+]c2ccccc2)cc1.c1ccc([NH2+]c2ccccc2)cc1. The molecule has 0 radical (unpaired) electrons. The lowest BCUT2D eigenvalue weighted by molar-refractivity contribution is -0.479. The van der Waals surface area contributed by atoms with E-state index >= 15 is 0 Å². The molecule has 0 atom stereocenters. The van der Waals surface area contributed by atoms with Crippen molar-refractivity contribution in [2.45, 2.75) is 52.4 Å². The molecule has 0 saturated heterocycles. The Labute approximate surface area is 258 Å². The van der Waals surface area contributed by atoms with Gasteiger partial charge in [-0.05, 0) is 85.3 Å². The van der Waals surface area contributed by atoms with Crippen molar-refractivity contribution in [1.29, 1.82) is 0 Å². The fraction of sp³-hybridized carbons (Fsp3) is 0.211. The number of para-hydroxylation sites is 4. The van der Waals surface area contributed by atoms with Crippen LogP contribution in [0.4, 0.5) is 22.7 Å². The molecule has 0 aliphatic carbocycles. The Hall–Kier alpha value is -4.00. The van der Waals surface area contributed by atoms with Gasteiger partial charge in [-0.1, -0.05) is 125 Å². The zero-order chi connectivity index (χ0) is 30.5. The molecule has 5 aromatic carbocycles. The van der Waals surface area contributed by atoms with Gasteiger partial charge in [0.25, 0.3) is 0 Å². The molecule has 0 unspecified atom stereocenters. The average Bonchev–Trinajstić information content (AvgIpc) is 3.05. The fourth-order valence-corrected chi connectivity index (χ4v) is 4.56. The van der Waals surface area contributed by atoms with Crippen LogP contribution in [-0.2, 0) is 12.8 Å². The van der Waals surface area contributed by atoms with Gasteiger partial charge in [-0.15, -0.1) is 5.46 Å². The van der Waals surface area contributed by atoms with Gasteiger partial charge in [0.15, 0.2) is 0 Å². The summed E-state index contributed by atoms with van der Waals surface area (Å²) in [6.45, 7) is 4.29. The normalized spacial score (nSPS) is 10.1. The monoisotopic (exact) mass is 572 g/mol. The number of hydrogen-bond donors (Lipinski definition) is 2. The summed E-state index contributed by atoms with van der Waals surface area (Å²) in [7, 11) is -1.85. The molecule has 0 saturated carbocycles. The standard InChI is InChI=1S/C14H21BO2.2C12H11N/c1-3-5-7-12-9-13(8-6-4-2)11-14(10-12)15(16)17;2*1-3-7-11(8-4-1)13-12-9-5-2-6-10-12/h9-11H,3-8H2,1-2H3;2*1-10,13H/q-2;;/p+2. The van der Waals surface area contributed by atoms with E-state index in [1.807, 2.05) is 24.3 Å². The minimum absolute atomic E-state index is 0.407. The number of hydrogen-bond acceptors (Lipinski definition) is 2. The molecule has 0 amide bonds. The van der Waals surface area contributed by atoms with Crippen LogP contribution in [0.3, 0.4) is 0 Å². The van der Waals surface area contributed by atoms with Crippen LogP contribution in [0.15, 0.2) is 140 Å². The van der Waals surface area contributed by atoms with Crippen LogP contribution >= 0.6 is 0 Å². The van der Waals surface area contributed by atoms with Gasteiger partial charge in [-0.2, -0.15) is 0 Å². The highest BCUT2D eigenvalue weighted by Crippen LogP contribution is 2.10. The summed E-state index contributed by atoms with van der Waals surface area (Å²) >= 11 is 0. The highest BCUT2D eigenvalue weighted by Gasteiger charge is 2.01. The third-order valence-corrected chi connectivity index (χ3v) is 6.85. The zero-order valence-corrected chi connectivity index (χ0v) is 25.6. The van der Waals surface area contributed by atoms with Gasteiger partial charge in [0.1, 0.15) is 22.7 Å². The molecular weight excluding hydrogens is 527 g/mol. The number of unbranched alkanes of at least 4 members (excludes halogenated alkanes) is 2. The topological polar surface area (TPSA) is 79.3 Å². The van der Waals surface area contributed by atoms with Gasteiger partial charge in [-0.3, -0.25) is 10.6 Å². The van der Waals surface area contributed by atoms with Crippen molar-refractivity contribution in [1.82, 2.24) is 0 Å². The first-order chi connectivity index (χ1) is 21.1. The fourth-order valence-electron chi connectivity index (χ4n) is 4.56. The first-order valence-electron chi connectivity index (χ1n) is 15.4. The Morgan fingerprint density at radius 1 is 0.465 bits per heavy atom. The second kappa shape index (κ2) is 20.0. The minimum atomic E-state index is -1.85. The van der Waals surface area contributed by atoms with Crippen LogP contribution in [-0.4, -0.2) is 7.12 Å². The highest BCUT2D eigenvalue weighted by atomic mass is 16.4. The molecule has 0 aliphatic rings. The van der Waals surface area contributed by atoms with E-state index in [2.05, 4.69) is 128 Å². The second-order valence-electron chi connectivity index (χ2n) is 10.6. The van der Waals surface area contributed by atoms with Gasteiger partial charge >= 0.3 is 0 Å². The third-order valence-electron chi connectivity index (χ3n) is 6.85. The first-order valence-corrected chi connectivity index (χ1v) is 15.4. The summed E-state index contributed by atoms with van der Waals surface area (Å²) in [5, 5.41) is 26.4. The van der Waals surface area contributed by atoms with Crippen molar-refractivity contribution < 1.29 is 20.7 Å². The third kappa shape index (κ3) is 13.7. The number of nitrogens with two attached hydrogens (primary N) is 2. The van der Waals surface area contributed by atoms with Crippen LogP contribution in [0.25, 0.3) is 0 Å². The van der Waals surface area contributed by atoms with E-state index in [9.17, 15) is 10.0 Å². The molecule has 0 aliphatic heterocycles. The molecule has 4 N–H and O–H groups in total. The van der Waals surface area contributed by atoms with E-state index in [0.717, 1.165) is 49.7 Å². The Balaban J connectivity index is 0.000000179. The van der Waals surface area contributed by atoms with Crippen molar-refractivity contribution in [3.05, 3.63) is 151 Å². The Morgan fingerprint density at radius 2 is 0.767 bits per heavy atom. The lowest BCUT2D eigenvalue weighted by Gasteiger charge is -2.28.